The molecule has 3 N–H and O–H groups in total. The first-order valence-corrected chi connectivity index (χ1v) is 17.8. The third-order valence-corrected chi connectivity index (χ3v) is 14.0. The minimum Gasteiger partial charge on any atom is -0.406 e. The average molecular weight is 662 g/mol. The number of hydrogen-bond donors (Lipinski definition) is 3. The van der Waals surface area contributed by atoms with E-state index < -0.39 is 46.4 Å². The number of alkyl halides is 4. The zero-order chi connectivity index (χ0) is 33.1. The van der Waals surface area contributed by atoms with Crippen LogP contribution < -0.4 is 9.46 Å². The van der Waals surface area contributed by atoms with Gasteiger partial charge in [-0.3, -0.25) is 4.79 Å². The molecule has 0 saturated heterocycles. The SMILES string of the molecule is CC[C@@H]1[C@@H]2[C@@H](F)[C@H](O)CC[C@]2(C)C2CC[C@@]3(C)C(CCC3[C@H](C)CCC(=O)NS(=O)(=O)c3ccc(OC(F)(F)F)cc3)C2[C@@H]1O. The molecule has 7 nitrogen and oxygen atoms in total. The van der Waals surface area contributed by atoms with Gasteiger partial charge in [-0.1, -0.05) is 34.1 Å². The fourth-order valence-electron chi connectivity index (χ4n) is 10.6. The highest BCUT2D eigenvalue weighted by molar-refractivity contribution is 7.90. The highest BCUT2D eigenvalue weighted by Gasteiger charge is 2.66. The summed E-state index contributed by atoms with van der Waals surface area (Å²) < 4.78 is 84.0. The number of rotatable bonds is 8. The second kappa shape index (κ2) is 12.3. The van der Waals surface area contributed by atoms with Gasteiger partial charge in [0.2, 0.25) is 5.91 Å². The average Bonchev–Trinajstić information content (AvgIpc) is 3.31. The van der Waals surface area contributed by atoms with Crippen molar-refractivity contribution in [1.29, 1.82) is 0 Å². The van der Waals surface area contributed by atoms with Gasteiger partial charge >= 0.3 is 6.36 Å². The normalized spacial score (nSPS) is 40.5. The molecular formula is C33H47F4NO6S. The summed E-state index contributed by atoms with van der Waals surface area (Å²) in [4.78, 5) is 12.4. The number of carbonyl (C=O) groups excluding carboxylic acids is 1. The summed E-state index contributed by atoms with van der Waals surface area (Å²) in [6.07, 6.45) is -1.85. The van der Waals surface area contributed by atoms with Gasteiger partial charge in [-0.2, -0.15) is 0 Å². The lowest BCUT2D eigenvalue weighted by molar-refractivity contribution is -0.274. The summed E-state index contributed by atoms with van der Waals surface area (Å²) >= 11 is 0. The molecule has 0 aromatic heterocycles. The Morgan fingerprint density at radius 1 is 1.04 bits per heavy atom. The van der Waals surface area contributed by atoms with Gasteiger partial charge in [0, 0.05) is 12.3 Å². The molecule has 1 aromatic carbocycles. The number of fused-ring (bicyclic) bond motifs is 5. The first-order chi connectivity index (χ1) is 20.9. The zero-order valence-corrected chi connectivity index (χ0v) is 27.2. The van der Waals surface area contributed by atoms with Crippen LogP contribution in [0.1, 0.15) is 85.5 Å². The Kier molecular flexibility index (Phi) is 9.38. The predicted molar refractivity (Wildman–Crippen MR) is 159 cm³/mol. The van der Waals surface area contributed by atoms with Crippen molar-refractivity contribution in [2.45, 2.75) is 115 Å². The van der Waals surface area contributed by atoms with E-state index in [1.165, 1.54) is 0 Å². The number of ether oxygens (including phenoxy) is 1. The van der Waals surface area contributed by atoms with Crippen LogP contribution in [0, 0.1) is 52.3 Å². The van der Waals surface area contributed by atoms with Crippen LogP contribution in [-0.2, 0) is 14.8 Å². The van der Waals surface area contributed by atoms with Crippen molar-refractivity contribution in [3.63, 3.8) is 0 Å². The molecule has 45 heavy (non-hydrogen) atoms. The monoisotopic (exact) mass is 661 g/mol. The van der Waals surface area contributed by atoms with Crippen molar-refractivity contribution in [2.75, 3.05) is 0 Å². The van der Waals surface area contributed by atoms with Crippen molar-refractivity contribution in [3.8, 4) is 5.75 Å². The summed E-state index contributed by atoms with van der Waals surface area (Å²) in [5.74, 6) is -0.948. The number of amides is 1. The van der Waals surface area contributed by atoms with Crippen LogP contribution >= 0.6 is 0 Å². The van der Waals surface area contributed by atoms with Crippen LogP contribution in [0.5, 0.6) is 5.75 Å². The number of sulfonamides is 1. The Hall–Kier alpha value is -1.92. The lowest BCUT2D eigenvalue weighted by Gasteiger charge is -2.65. The Bertz CT molecular complexity index is 1340. The molecule has 4 unspecified atom stereocenters. The molecule has 4 aliphatic carbocycles. The first-order valence-electron chi connectivity index (χ1n) is 16.3. The van der Waals surface area contributed by atoms with E-state index in [0.717, 1.165) is 56.4 Å². The van der Waals surface area contributed by atoms with Crippen LogP contribution in [0.3, 0.4) is 0 Å². The quantitative estimate of drug-likeness (QED) is 0.279. The number of aliphatic hydroxyl groups excluding tert-OH is 2. The van der Waals surface area contributed by atoms with Gasteiger partial charge in [-0.25, -0.2) is 17.5 Å². The fraction of sp³-hybridized carbons (Fsp3) is 0.788. The number of carbonyl (C=O) groups is 1. The van der Waals surface area contributed by atoms with Gasteiger partial charge in [0.15, 0.2) is 0 Å². The largest absolute Gasteiger partial charge is 0.573 e. The molecule has 4 fully saturated rings. The molecule has 0 heterocycles. The number of benzene rings is 1. The predicted octanol–water partition coefficient (Wildman–Crippen LogP) is 6.38. The van der Waals surface area contributed by atoms with Gasteiger partial charge in [-0.15, -0.1) is 13.2 Å². The van der Waals surface area contributed by atoms with E-state index >= 15 is 4.39 Å². The molecule has 4 saturated carbocycles. The van der Waals surface area contributed by atoms with E-state index in [4.69, 9.17) is 0 Å². The van der Waals surface area contributed by atoms with Crippen molar-refractivity contribution < 1.29 is 45.7 Å². The lowest BCUT2D eigenvalue weighted by Crippen LogP contribution is -2.65. The molecule has 0 bridgehead atoms. The minimum absolute atomic E-state index is 0.0283. The van der Waals surface area contributed by atoms with Gasteiger partial charge in [-0.05, 0) is 116 Å². The van der Waals surface area contributed by atoms with Crippen molar-refractivity contribution >= 4 is 15.9 Å². The summed E-state index contributed by atoms with van der Waals surface area (Å²) in [7, 11) is -4.27. The second-order valence-corrected chi connectivity index (χ2v) is 16.4. The lowest BCUT2D eigenvalue weighted by atomic mass is 9.41. The summed E-state index contributed by atoms with van der Waals surface area (Å²) in [6, 6.07) is 3.65. The Morgan fingerprint density at radius 3 is 2.29 bits per heavy atom. The summed E-state index contributed by atoms with van der Waals surface area (Å²) in [5.41, 5.74) is -0.349. The zero-order valence-electron chi connectivity index (χ0n) is 26.4. The Labute approximate surface area is 263 Å². The van der Waals surface area contributed by atoms with Crippen molar-refractivity contribution in [1.82, 2.24) is 4.72 Å². The van der Waals surface area contributed by atoms with E-state index in [2.05, 4.69) is 25.5 Å². The van der Waals surface area contributed by atoms with E-state index in [9.17, 15) is 36.6 Å². The van der Waals surface area contributed by atoms with Crippen LogP contribution in [0.4, 0.5) is 17.6 Å². The summed E-state index contributed by atoms with van der Waals surface area (Å²) in [5, 5.41) is 22.2. The molecule has 1 aromatic rings. The molecule has 0 spiro atoms. The highest BCUT2D eigenvalue weighted by atomic mass is 32.2. The topological polar surface area (TPSA) is 113 Å². The Balaban J connectivity index is 1.23. The molecule has 5 rings (SSSR count). The third kappa shape index (κ3) is 6.24. The van der Waals surface area contributed by atoms with Crippen LogP contribution in [0.15, 0.2) is 29.2 Å². The molecule has 1 amide bonds. The summed E-state index contributed by atoms with van der Waals surface area (Å²) in [6.45, 7) is 8.58. The fourth-order valence-corrected chi connectivity index (χ4v) is 11.6. The molecule has 12 atom stereocenters. The third-order valence-electron chi connectivity index (χ3n) is 12.6. The molecule has 0 aliphatic heterocycles. The van der Waals surface area contributed by atoms with E-state index in [-0.39, 0.29) is 63.6 Å². The first kappa shape index (κ1) is 34.4. The molecular weight excluding hydrogens is 614 g/mol. The minimum atomic E-state index is -4.91. The second-order valence-electron chi connectivity index (χ2n) is 14.7. The van der Waals surface area contributed by atoms with Crippen LogP contribution in [0.2, 0.25) is 0 Å². The molecule has 12 heteroatoms. The van der Waals surface area contributed by atoms with E-state index in [0.29, 0.717) is 19.3 Å². The van der Waals surface area contributed by atoms with Crippen LogP contribution in [-0.4, -0.2) is 49.3 Å². The smallest absolute Gasteiger partial charge is 0.406 e. The van der Waals surface area contributed by atoms with Gasteiger partial charge < -0.3 is 14.9 Å². The molecule has 254 valence electrons. The van der Waals surface area contributed by atoms with Crippen LogP contribution in [0.25, 0.3) is 0 Å². The van der Waals surface area contributed by atoms with Gasteiger partial charge in [0.25, 0.3) is 10.0 Å². The molecule has 0 radical (unpaired) electrons. The standard InChI is InChI=1S/C33H47F4NO6S/c1-5-21-28-29(34)25(39)15-17-32(28,4)24-14-16-31(3)22(11-12-23(31)27(24)30(21)41)18(2)6-13-26(40)38-45(42,43)20-9-7-19(8-10-20)44-33(35,36)37/h7-10,18,21-25,27-30,39,41H,5-6,11-17H2,1-4H3,(H,38,40)/t18-,21-,22?,23?,24?,25-,27?,28-,29+,30-,31-,32-/m1/s1. The Morgan fingerprint density at radius 2 is 1.67 bits per heavy atom. The number of nitrogens with one attached hydrogen (secondary N) is 1. The number of halogens is 4. The van der Waals surface area contributed by atoms with E-state index in [1.54, 1.807) is 0 Å². The van der Waals surface area contributed by atoms with Gasteiger partial charge in [0.05, 0.1) is 17.1 Å². The number of aliphatic hydroxyl groups is 2. The maximum atomic E-state index is 15.6. The van der Waals surface area contributed by atoms with Crippen molar-refractivity contribution in [2.24, 2.45) is 52.3 Å². The van der Waals surface area contributed by atoms with Gasteiger partial charge in [0.1, 0.15) is 11.9 Å². The van der Waals surface area contributed by atoms with Crippen molar-refractivity contribution in [3.05, 3.63) is 24.3 Å². The van der Waals surface area contributed by atoms with E-state index in [1.807, 2.05) is 11.6 Å². The molecule has 4 aliphatic rings. The maximum absolute atomic E-state index is 15.6. The number of hydrogen-bond acceptors (Lipinski definition) is 6. The maximum Gasteiger partial charge on any atom is 0.573 e. The highest BCUT2D eigenvalue weighted by Crippen LogP contribution is 2.69.